The van der Waals surface area contributed by atoms with Gasteiger partial charge in [-0.1, -0.05) is 42.5 Å². The highest BCUT2D eigenvalue weighted by Gasteiger charge is 2.15. The Morgan fingerprint density at radius 3 is 2.25 bits per heavy atom. The van der Waals surface area contributed by atoms with Crippen LogP contribution in [0.15, 0.2) is 65.8 Å². The minimum Gasteiger partial charge on any atom is -0.496 e. The number of carbonyl (C=O) groups is 1. The summed E-state index contributed by atoms with van der Waals surface area (Å²) in [6.45, 7) is 8.38. The molecule has 0 aliphatic rings. The van der Waals surface area contributed by atoms with Crippen molar-refractivity contribution in [3.05, 3.63) is 94.3 Å². The van der Waals surface area contributed by atoms with Gasteiger partial charge in [-0.3, -0.25) is 4.79 Å². The molecule has 1 heterocycles. The maximum Gasteiger partial charge on any atom is 0.275 e. The van der Waals surface area contributed by atoms with Gasteiger partial charge < -0.3 is 9.30 Å². The van der Waals surface area contributed by atoms with Gasteiger partial charge >= 0.3 is 0 Å². The maximum atomic E-state index is 12.8. The summed E-state index contributed by atoms with van der Waals surface area (Å²) in [6, 6.07) is 19.9. The van der Waals surface area contributed by atoms with Gasteiger partial charge in [0, 0.05) is 17.0 Å². The zero-order chi connectivity index (χ0) is 22.8. The van der Waals surface area contributed by atoms with Crippen molar-refractivity contribution in [1.29, 1.82) is 0 Å². The Hall–Kier alpha value is -3.86. The predicted molar refractivity (Wildman–Crippen MR) is 130 cm³/mol. The van der Waals surface area contributed by atoms with E-state index in [9.17, 15) is 4.79 Å². The van der Waals surface area contributed by atoms with Crippen LogP contribution < -0.4 is 10.2 Å². The van der Waals surface area contributed by atoms with E-state index in [0.717, 1.165) is 27.7 Å². The first kappa shape index (κ1) is 21.4. The Bertz CT molecular complexity index is 1330. The number of aryl methyl sites for hydroxylation is 3. The van der Waals surface area contributed by atoms with Crippen LogP contribution in [0, 0.1) is 27.7 Å². The van der Waals surface area contributed by atoms with Gasteiger partial charge in [-0.25, -0.2) is 5.43 Å². The number of nitrogens with zero attached hydrogens (tertiary/aromatic N) is 2. The van der Waals surface area contributed by atoms with Crippen molar-refractivity contribution in [3.63, 3.8) is 0 Å². The smallest absolute Gasteiger partial charge is 0.275 e. The molecule has 0 bridgehead atoms. The third kappa shape index (κ3) is 3.89. The number of carbonyl (C=O) groups excluding carboxylic acids is 1. The molecule has 0 unspecified atom stereocenters. The Morgan fingerprint density at radius 1 is 0.938 bits per heavy atom. The third-order valence-corrected chi connectivity index (χ3v) is 5.82. The van der Waals surface area contributed by atoms with Gasteiger partial charge in [-0.05, 0) is 67.8 Å². The molecule has 5 heteroatoms. The van der Waals surface area contributed by atoms with Crippen LogP contribution >= 0.6 is 0 Å². The molecular formula is C27H27N3O2. The number of fused-ring (bicyclic) bond motifs is 1. The van der Waals surface area contributed by atoms with Crippen LogP contribution in [-0.4, -0.2) is 23.8 Å². The van der Waals surface area contributed by atoms with Gasteiger partial charge in [0.25, 0.3) is 5.91 Å². The molecule has 3 aromatic carbocycles. The molecule has 1 amide bonds. The maximum absolute atomic E-state index is 12.8. The largest absolute Gasteiger partial charge is 0.496 e. The number of rotatable bonds is 5. The van der Waals surface area contributed by atoms with Crippen molar-refractivity contribution in [2.45, 2.75) is 27.7 Å². The lowest BCUT2D eigenvalue weighted by atomic mass is 10.1. The summed E-state index contributed by atoms with van der Waals surface area (Å²) in [7, 11) is 1.56. The normalized spacial score (nSPS) is 11.3. The fraction of sp³-hybridized carbons (Fsp3) is 0.185. The highest BCUT2D eigenvalue weighted by molar-refractivity contribution is 6.02. The van der Waals surface area contributed by atoms with Crippen LogP contribution in [0.1, 0.15) is 38.4 Å². The molecule has 0 radical (unpaired) electrons. The molecule has 4 aromatic rings. The second-order valence-corrected chi connectivity index (χ2v) is 8.00. The van der Waals surface area contributed by atoms with Crippen molar-refractivity contribution in [1.82, 2.24) is 9.99 Å². The fourth-order valence-electron chi connectivity index (χ4n) is 4.21. The summed E-state index contributed by atoms with van der Waals surface area (Å²) in [4.78, 5) is 12.8. The Balaban J connectivity index is 1.60. The summed E-state index contributed by atoms with van der Waals surface area (Å²) in [5, 5.41) is 6.22. The Labute approximate surface area is 188 Å². The van der Waals surface area contributed by atoms with E-state index in [1.807, 2.05) is 36.4 Å². The molecule has 162 valence electrons. The lowest BCUT2D eigenvalue weighted by molar-refractivity contribution is 0.0952. The number of hydrogen-bond donors (Lipinski definition) is 1. The first-order valence-electron chi connectivity index (χ1n) is 10.6. The van der Waals surface area contributed by atoms with Gasteiger partial charge in [0.2, 0.25) is 0 Å². The molecule has 0 saturated carbocycles. The summed E-state index contributed by atoms with van der Waals surface area (Å²) in [5.74, 6) is 0.206. The third-order valence-electron chi connectivity index (χ3n) is 5.82. The number of ether oxygens (including phenoxy) is 1. The minimum atomic E-state index is -0.313. The van der Waals surface area contributed by atoms with Crippen molar-refractivity contribution >= 4 is 22.9 Å². The molecule has 0 atom stereocenters. The number of amides is 1. The lowest BCUT2D eigenvalue weighted by Crippen LogP contribution is -2.18. The fourth-order valence-corrected chi connectivity index (χ4v) is 4.21. The second-order valence-electron chi connectivity index (χ2n) is 8.00. The van der Waals surface area contributed by atoms with Crippen LogP contribution in [0.5, 0.6) is 5.75 Å². The van der Waals surface area contributed by atoms with Crippen molar-refractivity contribution in [3.8, 4) is 11.4 Å². The monoisotopic (exact) mass is 425 g/mol. The van der Waals surface area contributed by atoms with Gasteiger partial charge in [-0.15, -0.1) is 0 Å². The topological polar surface area (TPSA) is 55.6 Å². The molecule has 4 rings (SSSR count). The van der Waals surface area contributed by atoms with Crippen LogP contribution in [-0.2, 0) is 0 Å². The summed E-state index contributed by atoms with van der Waals surface area (Å²) in [6.07, 6.45) is 1.69. The molecule has 0 aliphatic carbocycles. The van der Waals surface area contributed by atoms with Crippen LogP contribution in [0.25, 0.3) is 16.5 Å². The van der Waals surface area contributed by atoms with E-state index in [-0.39, 0.29) is 5.91 Å². The first-order valence-corrected chi connectivity index (χ1v) is 10.6. The molecule has 0 fully saturated rings. The van der Waals surface area contributed by atoms with E-state index in [1.54, 1.807) is 13.3 Å². The summed E-state index contributed by atoms with van der Waals surface area (Å²) in [5.41, 5.74) is 9.85. The molecule has 5 nitrogen and oxygen atoms in total. The first-order chi connectivity index (χ1) is 15.4. The average Bonchev–Trinajstić information content (AvgIpc) is 3.06. The SMILES string of the molecule is COc1cc2ccccc2cc1C(=O)N/N=C\c1cc(C)n(-c2c(C)cccc2C)c1C. The van der Waals surface area contributed by atoms with Gasteiger partial charge in [-0.2, -0.15) is 5.10 Å². The summed E-state index contributed by atoms with van der Waals surface area (Å²) >= 11 is 0. The van der Waals surface area contributed by atoms with Gasteiger partial charge in [0.05, 0.1) is 24.6 Å². The number of benzene rings is 3. The summed E-state index contributed by atoms with van der Waals surface area (Å²) < 4.78 is 7.67. The number of para-hydroxylation sites is 1. The number of methoxy groups -OCH3 is 1. The van der Waals surface area contributed by atoms with E-state index in [0.29, 0.717) is 11.3 Å². The number of nitrogens with one attached hydrogen (secondary N) is 1. The van der Waals surface area contributed by atoms with E-state index in [1.165, 1.54) is 16.8 Å². The second kappa shape index (κ2) is 8.71. The zero-order valence-corrected chi connectivity index (χ0v) is 19.1. The number of hydrazone groups is 1. The molecule has 0 spiro atoms. The highest BCUT2D eigenvalue weighted by atomic mass is 16.5. The molecule has 32 heavy (non-hydrogen) atoms. The number of aromatic nitrogens is 1. The van der Waals surface area contributed by atoms with Gasteiger partial charge in [0.15, 0.2) is 0 Å². The van der Waals surface area contributed by atoms with Crippen molar-refractivity contribution in [2.75, 3.05) is 7.11 Å². The highest BCUT2D eigenvalue weighted by Crippen LogP contribution is 2.27. The Kier molecular flexibility index (Phi) is 5.82. The van der Waals surface area contributed by atoms with Crippen LogP contribution in [0.3, 0.4) is 0 Å². The minimum absolute atomic E-state index is 0.313. The van der Waals surface area contributed by atoms with Crippen molar-refractivity contribution in [2.24, 2.45) is 5.10 Å². The molecule has 0 aliphatic heterocycles. The van der Waals surface area contributed by atoms with E-state index in [4.69, 9.17) is 4.74 Å². The van der Waals surface area contributed by atoms with E-state index in [2.05, 4.69) is 67.1 Å². The predicted octanol–water partition coefficient (Wildman–Crippen LogP) is 5.64. The van der Waals surface area contributed by atoms with Crippen LogP contribution in [0.4, 0.5) is 0 Å². The standard InChI is InChI=1S/C27H27N3O2/c1-17-9-8-10-18(2)26(17)30-19(3)13-23(20(30)4)16-28-29-27(31)24-14-21-11-6-7-12-22(21)15-25(24)32-5/h6-16H,1-5H3,(H,29,31)/b28-16-. The molecular weight excluding hydrogens is 398 g/mol. The Morgan fingerprint density at radius 2 is 1.59 bits per heavy atom. The van der Waals surface area contributed by atoms with E-state index >= 15 is 0 Å². The zero-order valence-electron chi connectivity index (χ0n) is 19.1. The van der Waals surface area contributed by atoms with Crippen molar-refractivity contribution < 1.29 is 9.53 Å². The van der Waals surface area contributed by atoms with E-state index < -0.39 is 0 Å². The molecule has 0 saturated heterocycles. The average molecular weight is 426 g/mol. The molecule has 1 aromatic heterocycles. The quantitative estimate of drug-likeness (QED) is 0.332. The van der Waals surface area contributed by atoms with Gasteiger partial charge in [0.1, 0.15) is 5.75 Å². The molecule has 1 N–H and O–H groups in total. The van der Waals surface area contributed by atoms with Crippen LogP contribution in [0.2, 0.25) is 0 Å². The number of hydrogen-bond acceptors (Lipinski definition) is 3. The lowest BCUT2D eigenvalue weighted by Gasteiger charge is -2.15.